The van der Waals surface area contributed by atoms with Gasteiger partial charge in [0, 0.05) is 12.1 Å². The van der Waals surface area contributed by atoms with Crippen LogP contribution >= 0.6 is 0 Å². The quantitative estimate of drug-likeness (QED) is 0.595. The molecule has 1 saturated heterocycles. The SMILES string of the molecule is CN(C)CC1CC(C)(C)C(CCB2OC(C)(C)C(C)(C)O2)CC1(C)C(=O)NC(C)(C)C. The van der Waals surface area contributed by atoms with Gasteiger partial charge in [-0.15, -0.1) is 0 Å². The topological polar surface area (TPSA) is 50.8 Å². The fourth-order valence-corrected chi connectivity index (χ4v) is 5.36. The first-order valence-electron chi connectivity index (χ1n) is 12.1. The molecule has 0 radical (unpaired) electrons. The second-order valence-electron chi connectivity index (χ2n) is 13.4. The fraction of sp³-hybridized carbons (Fsp3) is 0.960. The average molecular weight is 436 g/mol. The van der Waals surface area contributed by atoms with Gasteiger partial charge >= 0.3 is 7.12 Å². The van der Waals surface area contributed by atoms with Crippen molar-refractivity contribution in [1.29, 1.82) is 0 Å². The molecule has 0 aromatic heterocycles. The molecule has 0 spiro atoms. The first-order valence-corrected chi connectivity index (χ1v) is 12.1. The van der Waals surface area contributed by atoms with Crippen LogP contribution in [0.25, 0.3) is 0 Å². The lowest BCUT2D eigenvalue weighted by molar-refractivity contribution is -0.143. The smallest absolute Gasteiger partial charge is 0.403 e. The molecule has 3 unspecified atom stereocenters. The normalized spacial score (nSPS) is 32.4. The van der Waals surface area contributed by atoms with Gasteiger partial charge in [-0.1, -0.05) is 27.2 Å². The fourth-order valence-electron chi connectivity index (χ4n) is 5.36. The molecule has 1 saturated carbocycles. The molecule has 1 aliphatic heterocycles. The molecule has 2 fully saturated rings. The summed E-state index contributed by atoms with van der Waals surface area (Å²) in [6.45, 7) is 22.5. The van der Waals surface area contributed by atoms with Crippen molar-refractivity contribution in [1.82, 2.24) is 10.2 Å². The first-order chi connectivity index (χ1) is 13.8. The summed E-state index contributed by atoms with van der Waals surface area (Å²) in [5.41, 5.74) is -1.03. The van der Waals surface area contributed by atoms with E-state index in [1.165, 1.54) is 0 Å². The van der Waals surface area contributed by atoms with E-state index in [4.69, 9.17) is 9.31 Å². The van der Waals surface area contributed by atoms with E-state index in [0.717, 1.165) is 32.1 Å². The Morgan fingerprint density at radius 1 is 0.968 bits per heavy atom. The number of carbonyl (C=O) groups excluding carboxylic acids is 1. The Morgan fingerprint density at radius 2 is 1.48 bits per heavy atom. The summed E-state index contributed by atoms with van der Waals surface area (Å²) in [7, 11) is 4.05. The summed E-state index contributed by atoms with van der Waals surface area (Å²) in [6.07, 6.45) is 3.83. The van der Waals surface area contributed by atoms with E-state index in [9.17, 15) is 4.79 Å². The second-order valence-corrected chi connectivity index (χ2v) is 13.4. The van der Waals surface area contributed by atoms with Crippen LogP contribution in [0.5, 0.6) is 0 Å². The lowest BCUT2D eigenvalue weighted by Crippen LogP contribution is -2.57. The Balaban J connectivity index is 2.19. The Kier molecular flexibility index (Phi) is 7.44. The Bertz CT molecular complexity index is 638. The maximum Gasteiger partial charge on any atom is 0.457 e. The second kappa shape index (κ2) is 8.64. The van der Waals surface area contributed by atoms with Crippen LogP contribution in [0, 0.1) is 22.7 Å². The zero-order valence-electron chi connectivity index (χ0n) is 22.4. The number of hydrogen-bond donors (Lipinski definition) is 1. The summed E-state index contributed by atoms with van der Waals surface area (Å²) >= 11 is 0. The Morgan fingerprint density at radius 3 is 1.94 bits per heavy atom. The van der Waals surface area contributed by atoms with Gasteiger partial charge < -0.3 is 19.5 Å². The molecule has 1 heterocycles. The summed E-state index contributed by atoms with van der Waals surface area (Å²) in [5, 5.41) is 3.29. The van der Waals surface area contributed by atoms with Crippen molar-refractivity contribution in [3.05, 3.63) is 0 Å². The first kappa shape index (κ1) is 26.7. The number of rotatable bonds is 6. The van der Waals surface area contributed by atoms with E-state index >= 15 is 0 Å². The van der Waals surface area contributed by atoms with Crippen LogP contribution < -0.4 is 5.32 Å². The molecule has 1 N–H and O–H groups in total. The number of nitrogens with one attached hydrogen (secondary N) is 1. The third-order valence-electron chi connectivity index (χ3n) is 8.09. The van der Waals surface area contributed by atoms with Gasteiger partial charge in [0.25, 0.3) is 0 Å². The molecule has 3 atom stereocenters. The van der Waals surface area contributed by atoms with Crippen LogP contribution in [0.15, 0.2) is 0 Å². The monoisotopic (exact) mass is 436 g/mol. The predicted octanol–water partition coefficient (Wildman–Crippen LogP) is 5.00. The molecule has 0 aromatic carbocycles. The predicted molar refractivity (Wildman–Crippen MR) is 130 cm³/mol. The highest BCUT2D eigenvalue weighted by atomic mass is 16.7. The van der Waals surface area contributed by atoms with Crippen molar-refractivity contribution in [2.45, 2.75) is 112 Å². The third kappa shape index (κ3) is 6.06. The largest absolute Gasteiger partial charge is 0.457 e. The van der Waals surface area contributed by atoms with Crippen LogP contribution in [0.3, 0.4) is 0 Å². The summed E-state index contributed by atoms with van der Waals surface area (Å²) < 4.78 is 12.5. The zero-order chi connectivity index (χ0) is 24.0. The maximum atomic E-state index is 13.5. The summed E-state index contributed by atoms with van der Waals surface area (Å²) in [5.74, 6) is 0.969. The van der Waals surface area contributed by atoms with Crippen LogP contribution in [0.1, 0.15) is 88.5 Å². The van der Waals surface area contributed by atoms with E-state index in [0.29, 0.717) is 11.8 Å². The highest BCUT2D eigenvalue weighted by Gasteiger charge is 2.54. The molecule has 1 aliphatic carbocycles. The minimum atomic E-state index is -0.381. The number of hydrogen-bond acceptors (Lipinski definition) is 4. The van der Waals surface area contributed by atoms with Crippen LogP contribution in [-0.2, 0) is 14.1 Å². The van der Waals surface area contributed by atoms with Crippen molar-refractivity contribution in [3.63, 3.8) is 0 Å². The standard InChI is InChI=1S/C25H49BN2O3/c1-21(2,3)27-20(29)25(10)16-18(22(4,5)15-19(25)17-28(11)12)13-14-26-30-23(6,7)24(8,9)31-26/h18-19H,13-17H2,1-12H3,(H,27,29). The van der Waals surface area contributed by atoms with E-state index in [1.54, 1.807) is 0 Å². The van der Waals surface area contributed by atoms with E-state index in [1.807, 2.05) is 0 Å². The van der Waals surface area contributed by atoms with Crippen molar-refractivity contribution < 1.29 is 14.1 Å². The average Bonchev–Trinajstić information content (AvgIpc) is 2.74. The van der Waals surface area contributed by atoms with Gasteiger partial charge in [-0.05, 0) is 99.0 Å². The molecule has 6 heteroatoms. The molecule has 0 aromatic rings. The molecule has 0 bridgehead atoms. The van der Waals surface area contributed by atoms with Crippen molar-refractivity contribution in [2.24, 2.45) is 22.7 Å². The maximum absolute atomic E-state index is 13.5. The molecule has 1 amide bonds. The zero-order valence-corrected chi connectivity index (χ0v) is 22.4. The van der Waals surface area contributed by atoms with Crippen molar-refractivity contribution >= 4 is 13.0 Å². The lowest BCUT2D eigenvalue weighted by atomic mass is 9.53. The van der Waals surface area contributed by atoms with Crippen molar-refractivity contribution in [2.75, 3.05) is 20.6 Å². The highest BCUT2D eigenvalue weighted by molar-refractivity contribution is 6.45. The van der Waals surface area contributed by atoms with Crippen LogP contribution in [-0.4, -0.2) is 55.3 Å². The lowest BCUT2D eigenvalue weighted by Gasteiger charge is -2.52. The van der Waals surface area contributed by atoms with Gasteiger partial charge in [-0.25, -0.2) is 0 Å². The Labute approximate surface area is 192 Å². The number of nitrogens with zero attached hydrogens (tertiary/aromatic N) is 1. The molecular formula is C25H49BN2O3. The van der Waals surface area contributed by atoms with Crippen LogP contribution in [0.2, 0.25) is 6.32 Å². The van der Waals surface area contributed by atoms with Gasteiger partial charge in [-0.2, -0.15) is 0 Å². The molecular weight excluding hydrogens is 387 g/mol. The van der Waals surface area contributed by atoms with Gasteiger partial charge in [0.05, 0.1) is 16.6 Å². The number of amides is 1. The molecule has 31 heavy (non-hydrogen) atoms. The third-order valence-corrected chi connectivity index (χ3v) is 8.09. The minimum absolute atomic E-state index is 0.171. The molecule has 180 valence electrons. The van der Waals surface area contributed by atoms with E-state index in [2.05, 4.69) is 93.5 Å². The Hall–Kier alpha value is -0.585. The van der Waals surface area contributed by atoms with Gasteiger partial charge in [0.15, 0.2) is 0 Å². The summed E-state index contributed by atoms with van der Waals surface area (Å²) in [6, 6.07) is 0. The summed E-state index contributed by atoms with van der Waals surface area (Å²) in [4.78, 5) is 15.8. The number of carbonyl (C=O) groups is 1. The van der Waals surface area contributed by atoms with E-state index < -0.39 is 0 Å². The van der Waals surface area contributed by atoms with E-state index in [-0.39, 0.29) is 40.6 Å². The van der Waals surface area contributed by atoms with Gasteiger partial charge in [0.2, 0.25) is 5.91 Å². The molecule has 2 aliphatic rings. The van der Waals surface area contributed by atoms with Crippen LogP contribution in [0.4, 0.5) is 0 Å². The highest BCUT2D eigenvalue weighted by Crippen LogP contribution is 2.54. The van der Waals surface area contributed by atoms with Gasteiger partial charge in [-0.3, -0.25) is 4.79 Å². The minimum Gasteiger partial charge on any atom is -0.403 e. The molecule has 5 nitrogen and oxygen atoms in total. The molecule has 2 rings (SSSR count). The van der Waals surface area contributed by atoms with Crippen molar-refractivity contribution in [3.8, 4) is 0 Å². The van der Waals surface area contributed by atoms with Gasteiger partial charge in [0.1, 0.15) is 0 Å².